The van der Waals surface area contributed by atoms with Gasteiger partial charge >= 0.3 is 5.97 Å². The van der Waals surface area contributed by atoms with Crippen molar-refractivity contribution in [2.75, 3.05) is 6.54 Å². The summed E-state index contributed by atoms with van der Waals surface area (Å²) in [4.78, 5) is 11.1. The van der Waals surface area contributed by atoms with E-state index in [1.165, 1.54) is 0 Å². The minimum atomic E-state index is -0.770. The molecule has 1 unspecified atom stereocenters. The minimum Gasteiger partial charge on any atom is -0.480 e. The number of rotatable bonds is 6. The fourth-order valence-corrected chi connectivity index (χ4v) is 1.77. The normalized spacial score (nSPS) is 25.5. The van der Waals surface area contributed by atoms with Crippen LogP contribution in [-0.4, -0.2) is 23.2 Å². The molecular formula is C11H19NO2. The smallest absolute Gasteiger partial charge is 0.327 e. The van der Waals surface area contributed by atoms with Crippen molar-refractivity contribution in [3.63, 3.8) is 0 Å². The van der Waals surface area contributed by atoms with E-state index in [0.29, 0.717) is 6.42 Å². The van der Waals surface area contributed by atoms with Gasteiger partial charge in [-0.25, -0.2) is 4.79 Å². The van der Waals surface area contributed by atoms with Crippen LogP contribution in [-0.2, 0) is 4.79 Å². The third-order valence-electron chi connectivity index (χ3n) is 2.71. The summed E-state index contributed by atoms with van der Waals surface area (Å²) in [5.74, 6) is -0.747. The second kappa shape index (κ2) is 5.15. The van der Waals surface area contributed by atoms with Crippen LogP contribution in [0, 0.1) is 0 Å². The Morgan fingerprint density at radius 3 is 2.86 bits per heavy atom. The van der Waals surface area contributed by atoms with Crippen molar-refractivity contribution in [1.82, 2.24) is 5.32 Å². The molecule has 0 radical (unpaired) electrons. The summed E-state index contributed by atoms with van der Waals surface area (Å²) in [5, 5.41) is 12.2. The van der Waals surface area contributed by atoms with Gasteiger partial charge in [-0.15, -0.1) is 0 Å². The van der Waals surface area contributed by atoms with E-state index in [4.69, 9.17) is 5.11 Å². The zero-order chi connectivity index (χ0) is 10.4. The first-order valence-corrected chi connectivity index (χ1v) is 5.37. The second-order valence-corrected chi connectivity index (χ2v) is 3.85. The Balaban J connectivity index is 2.37. The van der Waals surface area contributed by atoms with Crippen molar-refractivity contribution in [3.05, 3.63) is 12.2 Å². The molecule has 2 N–H and O–H groups in total. The summed E-state index contributed by atoms with van der Waals surface area (Å²) in [6.45, 7) is 2.94. The van der Waals surface area contributed by atoms with Crippen molar-refractivity contribution in [1.29, 1.82) is 0 Å². The van der Waals surface area contributed by atoms with Gasteiger partial charge in [0.05, 0.1) is 0 Å². The number of hydrogen-bond acceptors (Lipinski definition) is 2. The topological polar surface area (TPSA) is 49.3 Å². The van der Waals surface area contributed by atoms with Gasteiger partial charge in [0.25, 0.3) is 0 Å². The Morgan fingerprint density at radius 1 is 1.57 bits per heavy atom. The number of unbranched alkanes of at least 4 members (excludes halogenated alkanes) is 2. The molecule has 0 heterocycles. The van der Waals surface area contributed by atoms with E-state index in [9.17, 15) is 4.79 Å². The Labute approximate surface area is 85.2 Å². The summed E-state index contributed by atoms with van der Waals surface area (Å²) in [5.41, 5.74) is -0.770. The number of aliphatic carboxylic acids is 1. The lowest BCUT2D eigenvalue weighted by atomic mass is 9.99. The average Bonchev–Trinajstić information content (AvgIpc) is 2.62. The van der Waals surface area contributed by atoms with Gasteiger partial charge in [-0.3, -0.25) is 5.32 Å². The standard InChI is InChI=1S/C11H19NO2/c1-2-3-6-9-12-11(10(13)14)7-4-5-8-11/h4,7,12H,2-3,5-6,8-9H2,1H3,(H,13,14). The Hall–Kier alpha value is -0.830. The van der Waals surface area contributed by atoms with E-state index in [1.54, 1.807) is 6.08 Å². The first-order chi connectivity index (χ1) is 6.71. The van der Waals surface area contributed by atoms with Crippen LogP contribution in [0.2, 0.25) is 0 Å². The van der Waals surface area contributed by atoms with Gasteiger partial charge in [-0.05, 0) is 25.8 Å². The van der Waals surface area contributed by atoms with E-state index in [-0.39, 0.29) is 0 Å². The lowest BCUT2D eigenvalue weighted by molar-refractivity contribution is -0.142. The highest BCUT2D eigenvalue weighted by atomic mass is 16.4. The van der Waals surface area contributed by atoms with Crippen LogP contribution in [0.1, 0.15) is 39.0 Å². The Kier molecular flexibility index (Phi) is 4.14. The largest absolute Gasteiger partial charge is 0.480 e. The monoisotopic (exact) mass is 197 g/mol. The summed E-state index contributed by atoms with van der Waals surface area (Å²) < 4.78 is 0. The maximum absolute atomic E-state index is 11.1. The summed E-state index contributed by atoms with van der Waals surface area (Å²) >= 11 is 0. The molecule has 0 fully saturated rings. The number of allylic oxidation sites excluding steroid dienone is 1. The molecule has 1 aliphatic rings. The Morgan fingerprint density at radius 2 is 2.36 bits per heavy atom. The molecule has 0 saturated carbocycles. The molecule has 3 nitrogen and oxygen atoms in total. The number of carboxylic acids is 1. The van der Waals surface area contributed by atoms with Crippen LogP contribution in [0.4, 0.5) is 0 Å². The molecule has 0 saturated heterocycles. The molecule has 0 amide bonds. The van der Waals surface area contributed by atoms with Crippen LogP contribution >= 0.6 is 0 Å². The molecule has 14 heavy (non-hydrogen) atoms. The molecule has 1 atom stereocenters. The lowest BCUT2D eigenvalue weighted by Crippen LogP contribution is -2.49. The maximum atomic E-state index is 11.1. The fourth-order valence-electron chi connectivity index (χ4n) is 1.77. The van der Waals surface area contributed by atoms with Crippen LogP contribution in [0.15, 0.2) is 12.2 Å². The van der Waals surface area contributed by atoms with Crippen molar-refractivity contribution < 1.29 is 9.90 Å². The highest BCUT2D eigenvalue weighted by molar-refractivity contribution is 5.82. The third kappa shape index (κ3) is 2.58. The number of hydrogen-bond donors (Lipinski definition) is 2. The van der Waals surface area contributed by atoms with Crippen molar-refractivity contribution in [2.24, 2.45) is 0 Å². The summed E-state index contributed by atoms with van der Waals surface area (Å²) in [6, 6.07) is 0. The van der Waals surface area contributed by atoms with E-state index < -0.39 is 11.5 Å². The molecule has 0 aromatic rings. The first kappa shape index (κ1) is 11.2. The van der Waals surface area contributed by atoms with Gasteiger partial charge in [0.2, 0.25) is 0 Å². The van der Waals surface area contributed by atoms with Gasteiger partial charge in [-0.1, -0.05) is 31.9 Å². The van der Waals surface area contributed by atoms with Crippen molar-refractivity contribution >= 4 is 5.97 Å². The van der Waals surface area contributed by atoms with E-state index in [1.807, 2.05) is 6.08 Å². The van der Waals surface area contributed by atoms with Crippen molar-refractivity contribution in [3.8, 4) is 0 Å². The highest BCUT2D eigenvalue weighted by Crippen LogP contribution is 2.22. The maximum Gasteiger partial charge on any atom is 0.327 e. The van der Waals surface area contributed by atoms with Crippen LogP contribution in [0.5, 0.6) is 0 Å². The lowest BCUT2D eigenvalue weighted by Gasteiger charge is -2.23. The van der Waals surface area contributed by atoms with E-state index in [0.717, 1.165) is 32.2 Å². The fraction of sp³-hybridized carbons (Fsp3) is 0.727. The average molecular weight is 197 g/mol. The predicted molar refractivity (Wildman–Crippen MR) is 56.3 cm³/mol. The van der Waals surface area contributed by atoms with Crippen LogP contribution < -0.4 is 5.32 Å². The molecule has 0 spiro atoms. The molecule has 3 heteroatoms. The SMILES string of the molecule is CCCCCNC1(C(=O)O)C=CCC1. The Bertz CT molecular complexity index is 225. The van der Waals surface area contributed by atoms with Gasteiger partial charge in [0.15, 0.2) is 0 Å². The molecular weight excluding hydrogens is 178 g/mol. The van der Waals surface area contributed by atoms with Crippen molar-refractivity contribution in [2.45, 2.75) is 44.6 Å². The van der Waals surface area contributed by atoms with Crippen LogP contribution in [0.25, 0.3) is 0 Å². The second-order valence-electron chi connectivity index (χ2n) is 3.85. The molecule has 1 aliphatic carbocycles. The molecule has 80 valence electrons. The highest BCUT2D eigenvalue weighted by Gasteiger charge is 2.36. The third-order valence-corrected chi connectivity index (χ3v) is 2.71. The van der Waals surface area contributed by atoms with Gasteiger partial charge in [0, 0.05) is 0 Å². The molecule has 0 aromatic carbocycles. The zero-order valence-corrected chi connectivity index (χ0v) is 8.75. The number of carbonyl (C=O) groups is 1. The quantitative estimate of drug-likeness (QED) is 0.505. The molecule has 0 aromatic heterocycles. The predicted octanol–water partition coefficient (Wildman–Crippen LogP) is 1.94. The van der Waals surface area contributed by atoms with E-state index >= 15 is 0 Å². The van der Waals surface area contributed by atoms with Crippen LogP contribution in [0.3, 0.4) is 0 Å². The molecule has 1 rings (SSSR count). The number of carboxylic acid groups (broad SMARTS) is 1. The molecule has 0 aliphatic heterocycles. The zero-order valence-electron chi connectivity index (χ0n) is 8.75. The van der Waals surface area contributed by atoms with E-state index in [2.05, 4.69) is 12.2 Å². The van der Waals surface area contributed by atoms with Gasteiger partial charge < -0.3 is 5.11 Å². The number of nitrogens with one attached hydrogen (secondary N) is 1. The first-order valence-electron chi connectivity index (χ1n) is 5.37. The molecule has 0 bridgehead atoms. The summed E-state index contributed by atoms with van der Waals surface area (Å²) in [6.07, 6.45) is 8.67. The minimum absolute atomic E-state index is 0.689. The van der Waals surface area contributed by atoms with Gasteiger partial charge in [0.1, 0.15) is 5.54 Å². The summed E-state index contributed by atoms with van der Waals surface area (Å²) in [7, 11) is 0. The van der Waals surface area contributed by atoms with Gasteiger partial charge in [-0.2, -0.15) is 0 Å².